The third-order valence-electron chi connectivity index (χ3n) is 2.84. The Labute approximate surface area is 101 Å². The summed E-state index contributed by atoms with van der Waals surface area (Å²) in [7, 11) is -1.75. The highest BCUT2D eigenvalue weighted by Gasteiger charge is 2.34. The van der Waals surface area contributed by atoms with Crippen molar-refractivity contribution in [3.05, 3.63) is 12.4 Å². The number of morpholine rings is 1. The Morgan fingerprint density at radius 3 is 2.76 bits per heavy atom. The Morgan fingerprint density at radius 1 is 1.47 bits per heavy atom. The Kier molecular flexibility index (Phi) is 3.24. The quantitative estimate of drug-likeness (QED) is 0.762. The van der Waals surface area contributed by atoms with E-state index in [0.717, 1.165) is 0 Å². The SMILES string of the molecule is C[C@H]1CN(S(=O)(=O)c2cnn(C)c2)[C@@H](C)CO1. The van der Waals surface area contributed by atoms with Crippen LogP contribution in [0.4, 0.5) is 0 Å². The maximum absolute atomic E-state index is 12.4. The average molecular weight is 259 g/mol. The standard InChI is InChI=1S/C10H17N3O3S/c1-8-7-16-9(2)5-13(8)17(14,15)10-4-11-12(3)6-10/h4,6,8-9H,5,7H2,1-3H3/t8-,9-/m0/s1. The molecule has 0 aromatic carbocycles. The second kappa shape index (κ2) is 4.40. The van der Waals surface area contributed by atoms with Crippen molar-refractivity contribution in [2.45, 2.75) is 30.9 Å². The molecule has 0 aliphatic carbocycles. The lowest BCUT2D eigenvalue weighted by Crippen LogP contribution is -2.49. The molecule has 0 amide bonds. The summed E-state index contributed by atoms with van der Waals surface area (Å²) >= 11 is 0. The van der Waals surface area contributed by atoms with Crippen molar-refractivity contribution < 1.29 is 13.2 Å². The summed E-state index contributed by atoms with van der Waals surface area (Å²) in [6.07, 6.45) is 2.82. The van der Waals surface area contributed by atoms with E-state index in [1.165, 1.54) is 21.4 Å². The molecule has 2 atom stereocenters. The van der Waals surface area contributed by atoms with Gasteiger partial charge in [-0.05, 0) is 13.8 Å². The van der Waals surface area contributed by atoms with Crippen LogP contribution in [0.2, 0.25) is 0 Å². The van der Waals surface area contributed by atoms with E-state index in [9.17, 15) is 8.42 Å². The number of hydrogen-bond acceptors (Lipinski definition) is 4. The van der Waals surface area contributed by atoms with Crippen LogP contribution >= 0.6 is 0 Å². The Morgan fingerprint density at radius 2 is 2.18 bits per heavy atom. The second-order valence-electron chi connectivity index (χ2n) is 4.42. The molecule has 1 aliphatic heterocycles. The van der Waals surface area contributed by atoms with Gasteiger partial charge in [0, 0.05) is 25.8 Å². The summed E-state index contributed by atoms with van der Waals surface area (Å²) in [5.41, 5.74) is 0. The molecule has 1 aromatic rings. The zero-order valence-corrected chi connectivity index (χ0v) is 11.0. The van der Waals surface area contributed by atoms with Gasteiger partial charge in [-0.25, -0.2) is 8.42 Å². The topological polar surface area (TPSA) is 64.4 Å². The minimum atomic E-state index is -3.45. The van der Waals surface area contributed by atoms with Gasteiger partial charge in [-0.3, -0.25) is 4.68 Å². The van der Waals surface area contributed by atoms with Crippen molar-refractivity contribution >= 4 is 10.0 Å². The van der Waals surface area contributed by atoms with Crippen LogP contribution in [0.3, 0.4) is 0 Å². The van der Waals surface area contributed by atoms with Gasteiger partial charge in [0.2, 0.25) is 10.0 Å². The maximum Gasteiger partial charge on any atom is 0.246 e. The lowest BCUT2D eigenvalue weighted by molar-refractivity contribution is -0.0170. The summed E-state index contributed by atoms with van der Waals surface area (Å²) in [6, 6.07) is -0.142. The molecule has 0 N–H and O–H groups in total. The first kappa shape index (κ1) is 12.5. The van der Waals surface area contributed by atoms with Crippen LogP contribution in [0.15, 0.2) is 17.3 Å². The fraction of sp³-hybridized carbons (Fsp3) is 0.700. The van der Waals surface area contributed by atoms with E-state index in [1.54, 1.807) is 7.05 Å². The number of aromatic nitrogens is 2. The maximum atomic E-state index is 12.4. The van der Waals surface area contributed by atoms with Crippen molar-refractivity contribution in [3.8, 4) is 0 Å². The van der Waals surface area contributed by atoms with Gasteiger partial charge in [0.05, 0.1) is 18.9 Å². The molecule has 0 spiro atoms. The van der Waals surface area contributed by atoms with Crippen LogP contribution in [0.1, 0.15) is 13.8 Å². The van der Waals surface area contributed by atoms with Gasteiger partial charge in [-0.15, -0.1) is 0 Å². The first-order valence-electron chi connectivity index (χ1n) is 5.53. The highest BCUT2D eigenvalue weighted by Crippen LogP contribution is 2.21. The third kappa shape index (κ3) is 2.36. The van der Waals surface area contributed by atoms with E-state index in [0.29, 0.717) is 13.2 Å². The van der Waals surface area contributed by atoms with Gasteiger partial charge in [0.1, 0.15) is 4.90 Å². The van der Waals surface area contributed by atoms with E-state index in [1.807, 2.05) is 13.8 Å². The number of nitrogens with zero attached hydrogens (tertiary/aromatic N) is 3. The molecule has 2 rings (SSSR count). The van der Waals surface area contributed by atoms with Crippen LogP contribution in [0, 0.1) is 0 Å². The van der Waals surface area contributed by atoms with Crippen LogP contribution in [-0.4, -0.2) is 47.8 Å². The fourth-order valence-electron chi connectivity index (χ4n) is 1.88. The molecule has 7 heteroatoms. The van der Waals surface area contributed by atoms with Crippen molar-refractivity contribution in [3.63, 3.8) is 0 Å². The van der Waals surface area contributed by atoms with Crippen molar-refractivity contribution in [2.75, 3.05) is 13.2 Å². The molecule has 0 bridgehead atoms. The van der Waals surface area contributed by atoms with Crippen LogP contribution in [-0.2, 0) is 21.8 Å². The number of sulfonamides is 1. The molecular formula is C10H17N3O3S. The second-order valence-corrected chi connectivity index (χ2v) is 6.31. The van der Waals surface area contributed by atoms with Gasteiger partial charge in [0.15, 0.2) is 0 Å². The van der Waals surface area contributed by atoms with E-state index in [4.69, 9.17) is 4.74 Å². The van der Waals surface area contributed by atoms with Gasteiger partial charge < -0.3 is 4.74 Å². The van der Waals surface area contributed by atoms with Crippen LogP contribution in [0.5, 0.6) is 0 Å². The van der Waals surface area contributed by atoms with Crippen LogP contribution in [0.25, 0.3) is 0 Å². The molecule has 1 saturated heterocycles. The lowest BCUT2D eigenvalue weighted by Gasteiger charge is -2.35. The van der Waals surface area contributed by atoms with Gasteiger partial charge in [-0.2, -0.15) is 9.40 Å². The number of ether oxygens (including phenoxy) is 1. The summed E-state index contributed by atoms with van der Waals surface area (Å²) in [4.78, 5) is 0.237. The zero-order valence-electron chi connectivity index (χ0n) is 10.2. The molecule has 17 heavy (non-hydrogen) atoms. The lowest BCUT2D eigenvalue weighted by atomic mass is 10.2. The molecule has 1 aromatic heterocycles. The van der Waals surface area contributed by atoms with Gasteiger partial charge >= 0.3 is 0 Å². The molecule has 1 aliphatic rings. The van der Waals surface area contributed by atoms with E-state index < -0.39 is 10.0 Å². The molecule has 1 fully saturated rings. The minimum absolute atomic E-state index is 0.0716. The van der Waals surface area contributed by atoms with Gasteiger partial charge in [0.25, 0.3) is 0 Å². The molecule has 96 valence electrons. The van der Waals surface area contributed by atoms with E-state index >= 15 is 0 Å². The Bertz CT molecular complexity index is 497. The molecule has 0 radical (unpaired) electrons. The summed E-state index contributed by atoms with van der Waals surface area (Å²) < 4.78 is 33.1. The average Bonchev–Trinajstić information content (AvgIpc) is 2.69. The first-order valence-corrected chi connectivity index (χ1v) is 6.97. The summed E-state index contributed by atoms with van der Waals surface area (Å²) in [5.74, 6) is 0. The summed E-state index contributed by atoms with van der Waals surface area (Å²) in [6.45, 7) is 4.54. The van der Waals surface area contributed by atoms with E-state index in [-0.39, 0.29) is 17.0 Å². The minimum Gasteiger partial charge on any atom is -0.375 e. The highest BCUT2D eigenvalue weighted by atomic mass is 32.2. The smallest absolute Gasteiger partial charge is 0.246 e. The Balaban J connectivity index is 2.31. The molecule has 0 saturated carbocycles. The molecule has 2 heterocycles. The van der Waals surface area contributed by atoms with Crippen LogP contribution < -0.4 is 0 Å². The monoisotopic (exact) mass is 259 g/mol. The number of aryl methyl sites for hydroxylation is 1. The predicted octanol–water partition coefficient (Wildman–Crippen LogP) is 0.218. The fourth-order valence-corrected chi connectivity index (χ4v) is 3.55. The number of hydrogen-bond donors (Lipinski definition) is 0. The first-order chi connectivity index (χ1) is 7.91. The molecule has 6 nitrogen and oxygen atoms in total. The van der Waals surface area contributed by atoms with Crippen molar-refractivity contribution in [1.29, 1.82) is 0 Å². The molecular weight excluding hydrogens is 242 g/mol. The molecule has 0 unspecified atom stereocenters. The predicted molar refractivity (Wildman–Crippen MR) is 62.0 cm³/mol. The van der Waals surface area contributed by atoms with Gasteiger partial charge in [-0.1, -0.05) is 0 Å². The van der Waals surface area contributed by atoms with Crippen molar-refractivity contribution in [1.82, 2.24) is 14.1 Å². The van der Waals surface area contributed by atoms with E-state index in [2.05, 4.69) is 5.10 Å². The third-order valence-corrected chi connectivity index (χ3v) is 4.77. The van der Waals surface area contributed by atoms with Crippen molar-refractivity contribution in [2.24, 2.45) is 7.05 Å². The summed E-state index contributed by atoms with van der Waals surface area (Å²) in [5, 5.41) is 3.90. The number of rotatable bonds is 2. The normalized spacial score (nSPS) is 27.2. The highest BCUT2D eigenvalue weighted by molar-refractivity contribution is 7.89. The largest absolute Gasteiger partial charge is 0.375 e. The zero-order chi connectivity index (χ0) is 12.6. The Hall–Kier alpha value is -0.920.